The predicted octanol–water partition coefficient (Wildman–Crippen LogP) is 3.83. The molecule has 2 nitrogen and oxygen atoms in total. The Kier molecular flexibility index (Phi) is 4.82. The van der Waals surface area contributed by atoms with Gasteiger partial charge in [0.25, 0.3) is 0 Å². The number of aryl methyl sites for hydroxylation is 1. The summed E-state index contributed by atoms with van der Waals surface area (Å²) in [7, 11) is 0. The van der Waals surface area contributed by atoms with Gasteiger partial charge in [-0.15, -0.1) is 0 Å². The molecule has 2 unspecified atom stereocenters. The lowest BCUT2D eigenvalue weighted by molar-refractivity contribution is 0.0895. The van der Waals surface area contributed by atoms with Gasteiger partial charge in [-0.2, -0.15) is 0 Å². The van der Waals surface area contributed by atoms with E-state index in [1.54, 1.807) is 0 Å². The van der Waals surface area contributed by atoms with Gasteiger partial charge in [0.1, 0.15) is 0 Å². The Balaban J connectivity index is 2.10. The van der Waals surface area contributed by atoms with Crippen LogP contribution < -0.4 is 5.32 Å². The second kappa shape index (κ2) is 6.18. The van der Waals surface area contributed by atoms with Crippen LogP contribution in [0.15, 0.2) is 22.7 Å². The van der Waals surface area contributed by atoms with E-state index in [4.69, 9.17) is 4.74 Å². The number of ether oxygens (including phenoxy) is 1. The lowest BCUT2D eigenvalue weighted by Crippen LogP contribution is -2.30. The Morgan fingerprint density at radius 1 is 1.44 bits per heavy atom. The Morgan fingerprint density at radius 3 is 2.89 bits per heavy atom. The van der Waals surface area contributed by atoms with Crippen LogP contribution in [-0.2, 0) is 4.74 Å². The summed E-state index contributed by atoms with van der Waals surface area (Å²) in [5.41, 5.74) is 2.56. The molecule has 3 heteroatoms. The van der Waals surface area contributed by atoms with E-state index in [0.29, 0.717) is 12.0 Å². The smallest absolute Gasteiger partial charge is 0.0876 e. The lowest BCUT2D eigenvalue weighted by atomic mass is 9.94. The van der Waals surface area contributed by atoms with E-state index in [9.17, 15) is 0 Å². The minimum atomic E-state index is 0.228. The van der Waals surface area contributed by atoms with E-state index in [2.05, 4.69) is 60.2 Å². The molecule has 0 saturated carbocycles. The monoisotopic (exact) mass is 311 g/mol. The maximum absolute atomic E-state index is 5.93. The van der Waals surface area contributed by atoms with Crippen molar-refractivity contribution in [2.75, 3.05) is 13.2 Å². The van der Waals surface area contributed by atoms with Crippen LogP contribution in [0.2, 0.25) is 0 Å². The summed E-state index contributed by atoms with van der Waals surface area (Å²) in [6.45, 7) is 8.39. The van der Waals surface area contributed by atoms with Gasteiger partial charge in [0.05, 0.1) is 6.10 Å². The summed E-state index contributed by atoms with van der Waals surface area (Å²) in [5.74, 6) is 0.575. The third-order valence-electron chi connectivity index (χ3n) is 3.46. The summed E-state index contributed by atoms with van der Waals surface area (Å²) < 4.78 is 7.10. The SMILES string of the molecule is Cc1ccc(C2OCCC2CNC(C)C)c(Br)c1. The van der Waals surface area contributed by atoms with E-state index in [1.807, 2.05) is 0 Å². The molecule has 0 spiro atoms. The number of benzene rings is 1. The lowest BCUT2D eigenvalue weighted by Gasteiger charge is -2.22. The van der Waals surface area contributed by atoms with Crippen molar-refractivity contribution < 1.29 is 4.74 Å². The van der Waals surface area contributed by atoms with E-state index < -0.39 is 0 Å². The molecule has 1 N–H and O–H groups in total. The molecular formula is C15H22BrNO. The highest BCUT2D eigenvalue weighted by Crippen LogP contribution is 2.37. The topological polar surface area (TPSA) is 21.3 Å². The van der Waals surface area contributed by atoms with E-state index in [0.717, 1.165) is 19.6 Å². The van der Waals surface area contributed by atoms with Crippen molar-refractivity contribution in [3.63, 3.8) is 0 Å². The van der Waals surface area contributed by atoms with Crippen molar-refractivity contribution in [2.24, 2.45) is 5.92 Å². The first-order valence-corrected chi connectivity index (χ1v) is 7.48. The molecule has 1 fully saturated rings. The third-order valence-corrected chi connectivity index (χ3v) is 4.15. The standard InChI is InChI=1S/C15H22BrNO/c1-10(2)17-9-12-6-7-18-15(12)13-5-4-11(3)8-14(13)16/h4-5,8,10,12,15,17H,6-7,9H2,1-3H3. The second-order valence-electron chi connectivity index (χ2n) is 5.43. The number of hydrogen-bond donors (Lipinski definition) is 1. The van der Waals surface area contributed by atoms with Gasteiger partial charge in [0.2, 0.25) is 0 Å². The van der Waals surface area contributed by atoms with E-state index >= 15 is 0 Å². The van der Waals surface area contributed by atoms with E-state index in [1.165, 1.54) is 15.6 Å². The van der Waals surface area contributed by atoms with Crippen LogP contribution in [0.1, 0.15) is 37.5 Å². The van der Waals surface area contributed by atoms with E-state index in [-0.39, 0.29) is 6.10 Å². The Morgan fingerprint density at radius 2 is 2.22 bits per heavy atom. The van der Waals surface area contributed by atoms with Crippen molar-refractivity contribution in [3.8, 4) is 0 Å². The maximum atomic E-state index is 5.93. The predicted molar refractivity (Wildman–Crippen MR) is 78.8 cm³/mol. The van der Waals surface area contributed by atoms with Crippen LogP contribution in [0.3, 0.4) is 0 Å². The van der Waals surface area contributed by atoms with Gasteiger partial charge in [-0.05, 0) is 30.5 Å². The molecule has 2 atom stereocenters. The molecule has 1 aromatic carbocycles. The summed E-state index contributed by atoms with van der Waals surface area (Å²) in [6, 6.07) is 7.06. The van der Waals surface area contributed by atoms with Gasteiger partial charge in [-0.1, -0.05) is 41.9 Å². The maximum Gasteiger partial charge on any atom is 0.0876 e. The molecule has 18 heavy (non-hydrogen) atoms. The Hall–Kier alpha value is -0.380. The molecule has 1 aliphatic heterocycles. The molecule has 1 aliphatic rings. The first-order valence-electron chi connectivity index (χ1n) is 6.69. The fourth-order valence-corrected chi connectivity index (χ4v) is 3.16. The fraction of sp³-hybridized carbons (Fsp3) is 0.600. The van der Waals surface area contributed by atoms with Crippen LogP contribution in [-0.4, -0.2) is 19.2 Å². The molecule has 0 bridgehead atoms. The zero-order valence-electron chi connectivity index (χ0n) is 11.4. The highest BCUT2D eigenvalue weighted by Gasteiger charge is 2.30. The Bertz CT molecular complexity index is 405. The zero-order chi connectivity index (χ0) is 13.1. The molecule has 2 rings (SSSR count). The second-order valence-corrected chi connectivity index (χ2v) is 6.28. The third kappa shape index (κ3) is 3.34. The highest BCUT2D eigenvalue weighted by molar-refractivity contribution is 9.10. The van der Waals surface area contributed by atoms with Crippen molar-refractivity contribution in [3.05, 3.63) is 33.8 Å². The molecular weight excluding hydrogens is 290 g/mol. The minimum Gasteiger partial charge on any atom is -0.373 e. The molecule has 0 amide bonds. The summed E-state index contributed by atoms with van der Waals surface area (Å²) >= 11 is 3.66. The molecule has 100 valence electrons. The van der Waals surface area contributed by atoms with Crippen LogP contribution >= 0.6 is 15.9 Å². The van der Waals surface area contributed by atoms with Crippen molar-refractivity contribution >= 4 is 15.9 Å². The number of hydrogen-bond acceptors (Lipinski definition) is 2. The number of rotatable bonds is 4. The zero-order valence-corrected chi connectivity index (χ0v) is 13.0. The van der Waals surface area contributed by atoms with Crippen LogP contribution in [0.4, 0.5) is 0 Å². The molecule has 1 heterocycles. The molecule has 0 radical (unpaired) electrons. The summed E-state index contributed by atoms with van der Waals surface area (Å²) in [6.07, 6.45) is 1.37. The van der Waals surface area contributed by atoms with Crippen molar-refractivity contribution in [2.45, 2.75) is 39.3 Å². The quantitative estimate of drug-likeness (QED) is 0.912. The van der Waals surface area contributed by atoms with Crippen LogP contribution in [0.25, 0.3) is 0 Å². The molecule has 1 saturated heterocycles. The van der Waals surface area contributed by atoms with Crippen LogP contribution in [0.5, 0.6) is 0 Å². The summed E-state index contributed by atoms with van der Waals surface area (Å²) in [4.78, 5) is 0. The van der Waals surface area contributed by atoms with Crippen molar-refractivity contribution in [1.29, 1.82) is 0 Å². The number of nitrogens with one attached hydrogen (secondary N) is 1. The summed E-state index contributed by atoms with van der Waals surface area (Å²) in [5, 5.41) is 3.52. The molecule has 0 aliphatic carbocycles. The van der Waals surface area contributed by atoms with Gasteiger partial charge in [0, 0.05) is 29.6 Å². The van der Waals surface area contributed by atoms with Gasteiger partial charge < -0.3 is 10.1 Å². The largest absolute Gasteiger partial charge is 0.373 e. The van der Waals surface area contributed by atoms with Gasteiger partial charge >= 0.3 is 0 Å². The highest BCUT2D eigenvalue weighted by atomic mass is 79.9. The fourth-order valence-electron chi connectivity index (χ4n) is 2.44. The first kappa shape index (κ1) is 14.0. The van der Waals surface area contributed by atoms with Gasteiger partial charge in [0.15, 0.2) is 0 Å². The molecule has 1 aromatic rings. The van der Waals surface area contributed by atoms with Crippen molar-refractivity contribution in [1.82, 2.24) is 5.32 Å². The molecule has 0 aromatic heterocycles. The van der Waals surface area contributed by atoms with Crippen LogP contribution in [0, 0.1) is 12.8 Å². The van der Waals surface area contributed by atoms with Gasteiger partial charge in [-0.3, -0.25) is 0 Å². The average molecular weight is 312 g/mol. The van der Waals surface area contributed by atoms with Gasteiger partial charge in [-0.25, -0.2) is 0 Å². The Labute approximate surface area is 118 Å². The average Bonchev–Trinajstić information content (AvgIpc) is 2.74. The minimum absolute atomic E-state index is 0.228. The number of halogens is 1. The normalized spacial score (nSPS) is 23.8. The first-order chi connectivity index (χ1) is 8.58.